The van der Waals surface area contributed by atoms with Crippen LogP contribution < -0.4 is 5.32 Å². The van der Waals surface area contributed by atoms with Crippen molar-refractivity contribution in [1.29, 1.82) is 0 Å². The number of aryl methyl sites for hydroxylation is 2. The number of benzene rings is 2. The highest BCUT2D eigenvalue weighted by molar-refractivity contribution is 7.10. The van der Waals surface area contributed by atoms with E-state index in [9.17, 15) is 0 Å². The number of hydrogen-bond acceptors (Lipinski definition) is 5. The second kappa shape index (κ2) is 8.09. The van der Waals surface area contributed by atoms with E-state index >= 15 is 0 Å². The van der Waals surface area contributed by atoms with Crippen LogP contribution in [0, 0.1) is 13.8 Å². The van der Waals surface area contributed by atoms with Crippen LogP contribution in [0.2, 0.25) is 0 Å². The van der Waals surface area contributed by atoms with E-state index in [1.807, 2.05) is 12.1 Å². The van der Waals surface area contributed by atoms with E-state index in [1.54, 1.807) is 11.3 Å². The van der Waals surface area contributed by atoms with E-state index in [1.165, 1.54) is 21.6 Å². The lowest BCUT2D eigenvalue weighted by molar-refractivity contribution is 0.405. The fourth-order valence-electron chi connectivity index (χ4n) is 3.18. The molecule has 0 unspecified atom stereocenters. The predicted octanol–water partition coefficient (Wildman–Crippen LogP) is 5.86. The Balaban J connectivity index is 1.58. The van der Waals surface area contributed by atoms with Gasteiger partial charge in [-0.25, -0.2) is 0 Å². The van der Waals surface area contributed by atoms with Crippen LogP contribution in [0.15, 0.2) is 70.5 Å². The van der Waals surface area contributed by atoms with Crippen LogP contribution in [0.4, 0.5) is 0 Å². The summed E-state index contributed by atoms with van der Waals surface area (Å²) in [6.45, 7) is 6.21. The van der Waals surface area contributed by atoms with E-state index in [0.717, 1.165) is 5.56 Å². The molecule has 0 aliphatic rings. The Labute approximate surface area is 169 Å². The Hall–Kier alpha value is -2.76. The Morgan fingerprint density at radius 3 is 2.46 bits per heavy atom. The second-order valence-corrected chi connectivity index (χ2v) is 8.04. The minimum atomic E-state index is -0.0838. The molecule has 4 aromatic rings. The Morgan fingerprint density at radius 1 is 0.929 bits per heavy atom. The maximum Gasteiger partial charge on any atom is 0.247 e. The van der Waals surface area contributed by atoms with E-state index in [-0.39, 0.29) is 12.1 Å². The molecular formula is C23H23N3OS. The van der Waals surface area contributed by atoms with Gasteiger partial charge in [0.05, 0.1) is 12.1 Å². The molecule has 0 saturated heterocycles. The van der Waals surface area contributed by atoms with Gasteiger partial charge in [-0.05, 0) is 49.9 Å². The Kier molecular flexibility index (Phi) is 5.37. The standard InChI is InChI=1S/C23H23N3OS/c1-15-9-11-18(12-10-15)21(20-8-5-13-28-20)24-17(3)22-25-26-23(27-22)19-7-4-6-16(2)14-19/h4-14,17,21,24H,1-3H3/t17-,21+/m1/s1. The van der Waals surface area contributed by atoms with Gasteiger partial charge in [0.25, 0.3) is 0 Å². The van der Waals surface area contributed by atoms with E-state index in [2.05, 4.69) is 90.2 Å². The smallest absolute Gasteiger partial charge is 0.247 e. The van der Waals surface area contributed by atoms with Gasteiger partial charge >= 0.3 is 0 Å². The van der Waals surface area contributed by atoms with Crippen molar-refractivity contribution in [2.45, 2.75) is 32.9 Å². The number of nitrogens with one attached hydrogen (secondary N) is 1. The average Bonchev–Trinajstić information content (AvgIpc) is 3.39. The van der Waals surface area contributed by atoms with Gasteiger partial charge in [0, 0.05) is 10.4 Å². The summed E-state index contributed by atoms with van der Waals surface area (Å²) in [6, 6.07) is 20.9. The van der Waals surface area contributed by atoms with Crippen molar-refractivity contribution in [3.05, 3.63) is 93.5 Å². The van der Waals surface area contributed by atoms with Crippen molar-refractivity contribution in [3.8, 4) is 11.5 Å². The van der Waals surface area contributed by atoms with Gasteiger partial charge in [-0.3, -0.25) is 5.32 Å². The molecule has 0 radical (unpaired) electrons. The molecule has 2 atom stereocenters. The quantitative estimate of drug-likeness (QED) is 0.449. The van der Waals surface area contributed by atoms with Gasteiger partial charge in [0.2, 0.25) is 11.8 Å². The molecule has 0 spiro atoms. The lowest BCUT2D eigenvalue weighted by Crippen LogP contribution is -2.25. The first-order valence-electron chi connectivity index (χ1n) is 9.36. The van der Waals surface area contributed by atoms with E-state index < -0.39 is 0 Å². The maximum absolute atomic E-state index is 5.98. The summed E-state index contributed by atoms with van der Waals surface area (Å²) in [7, 11) is 0. The molecule has 2 aromatic carbocycles. The highest BCUT2D eigenvalue weighted by Crippen LogP contribution is 2.30. The molecule has 4 rings (SSSR count). The largest absolute Gasteiger partial charge is 0.419 e. The summed E-state index contributed by atoms with van der Waals surface area (Å²) in [5, 5.41) is 14.3. The predicted molar refractivity (Wildman–Crippen MR) is 113 cm³/mol. The molecule has 0 aliphatic heterocycles. The molecular weight excluding hydrogens is 366 g/mol. The number of thiophene rings is 1. The van der Waals surface area contributed by atoms with Crippen molar-refractivity contribution < 1.29 is 4.42 Å². The van der Waals surface area contributed by atoms with E-state index in [4.69, 9.17) is 4.42 Å². The summed E-state index contributed by atoms with van der Waals surface area (Å²) in [5.74, 6) is 1.14. The van der Waals surface area contributed by atoms with Crippen LogP contribution in [-0.2, 0) is 0 Å². The van der Waals surface area contributed by atoms with Crippen molar-refractivity contribution in [3.63, 3.8) is 0 Å². The fraction of sp³-hybridized carbons (Fsp3) is 0.217. The molecule has 1 N–H and O–H groups in total. The molecule has 0 saturated carbocycles. The molecule has 142 valence electrons. The molecule has 2 heterocycles. The fourth-order valence-corrected chi connectivity index (χ4v) is 3.99. The molecule has 0 fully saturated rings. The summed E-state index contributed by atoms with van der Waals surface area (Å²) >= 11 is 1.74. The third kappa shape index (κ3) is 4.06. The second-order valence-electron chi connectivity index (χ2n) is 7.06. The zero-order valence-electron chi connectivity index (χ0n) is 16.2. The third-order valence-electron chi connectivity index (χ3n) is 4.73. The zero-order valence-corrected chi connectivity index (χ0v) is 17.0. The Bertz CT molecular complexity index is 1040. The van der Waals surface area contributed by atoms with Gasteiger partial charge in [-0.2, -0.15) is 0 Å². The van der Waals surface area contributed by atoms with Crippen molar-refractivity contribution in [2.75, 3.05) is 0 Å². The number of rotatable bonds is 6. The molecule has 0 bridgehead atoms. The summed E-state index contributed by atoms with van der Waals surface area (Å²) in [6.07, 6.45) is 0. The van der Waals surface area contributed by atoms with Gasteiger partial charge in [0.1, 0.15) is 0 Å². The van der Waals surface area contributed by atoms with Gasteiger partial charge in [-0.15, -0.1) is 21.5 Å². The van der Waals surface area contributed by atoms with Gasteiger partial charge in [-0.1, -0.05) is 53.6 Å². The van der Waals surface area contributed by atoms with Crippen LogP contribution in [0.1, 0.15) is 46.5 Å². The molecule has 0 aliphatic carbocycles. The number of nitrogens with zero attached hydrogens (tertiary/aromatic N) is 2. The lowest BCUT2D eigenvalue weighted by atomic mass is 10.0. The minimum Gasteiger partial charge on any atom is -0.419 e. The van der Waals surface area contributed by atoms with Crippen molar-refractivity contribution in [1.82, 2.24) is 15.5 Å². The van der Waals surface area contributed by atoms with Crippen LogP contribution in [0.5, 0.6) is 0 Å². The van der Waals surface area contributed by atoms with E-state index in [0.29, 0.717) is 11.8 Å². The molecule has 4 nitrogen and oxygen atoms in total. The lowest BCUT2D eigenvalue weighted by Gasteiger charge is -2.21. The average molecular weight is 390 g/mol. The van der Waals surface area contributed by atoms with Crippen molar-refractivity contribution >= 4 is 11.3 Å². The monoisotopic (exact) mass is 389 g/mol. The third-order valence-corrected chi connectivity index (χ3v) is 5.67. The first-order valence-corrected chi connectivity index (χ1v) is 10.2. The maximum atomic E-state index is 5.98. The highest BCUT2D eigenvalue weighted by Gasteiger charge is 2.22. The molecule has 28 heavy (non-hydrogen) atoms. The summed E-state index contributed by atoms with van der Waals surface area (Å²) < 4.78 is 5.98. The zero-order chi connectivity index (χ0) is 19.5. The molecule has 0 amide bonds. The summed E-state index contributed by atoms with van der Waals surface area (Å²) in [4.78, 5) is 1.26. The van der Waals surface area contributed by atoms with Gasteiger partial charge < -0.3 is 4.42 Å². The summed E-state index contributed by atoms with van der Waals surface area (Å²) in [5.41, 5.74) is 4.58. The van der Waals surface area contributed by atoms with Crippen LogP contribution in [-0.4, -0.2) is 10.2 Å². The normalized spacial score (nSPS) is 13.4. The topological polar surface area (TPSA) is 51.0 Å². The highest BCUT2D eigenvalue weighted by atomic mass is 32.1. The van der Waals surface area contributed by atoms with Crippen LogP contribution in [0.3, 0.4) is 0 Å². The first kappa shape index (κ1) is 18.6. The van der Waals surface area contributed by atoms with Crippen LogP contribution in [0.25, 0.3) is 11.5 Å². The molecule has 5 heteroatoms. The van der Waals surface area contributed by atoms with Crippen LogP contribution >= 0.6 is 11.3 Å². The SMILES string of the molecule is Cc1ccc([C@H](N[C@H](C)c2nnc(-c3cccc(C)c3)o2)c2cccs2)cc1. The first-order chi connectivity index (χ1) is 13.6. The number of hydrogen-bond donors (Lipinski definition) is 1. The van der Waals surface area contributed by atoms with Crippen molar-refractivity contribution in [2.24, 2.45) is 0 Å². The Morgan fingerprint density at radius 2 is 1.75 bits per heavy atom. The molecule has 2 aromatic heterocycles. The van der Waals surface area contributed by atoms with Gasteiger partial charge in [0.15, 0.2) is 0 Å². The minimum absolute atomic E-state index is 0.0740. The number of aromatic nitrogens is 2.